The first-order valence-electron chi connectivity index (χ1n) is 6.86. The molecule has 0 spiro atoms. The molecule has 0 radical (unpaired) electrons. The first-order valence-corrected chi connectivity index (χ1v) is 8.35. The Bertz CT molecular complexity index is 731. The van der Waals surface area contributed by atoms with E-state index in [1.807, 2.05) is 32.5 Å². The number of sulfonamides is 1. The molecule has 6 heteroatoms. The molecule has 0 aliphatic heterocycles. The van der Waals surface area contributed by atoms with Crippen LogP contribution in [0.5, 0.6) is 0 Å². The summed E-state index contributed by atoms with van der Waals surface area (Å²) in [5, 5.41) is 4.33. The summed E-state index contributed by atoms with van der Waals surface area (Å²) in [5.74, 6) is 0. The van der Waals surface area contributed by atoms with Gasteiger partial charge in [-0.05, 0) is 44.9 Å². The fourth-order valence-corrected chi connectivity index (χ4v) is 3.32. The zero-order valence-electron chi connectivity index (χ0n) is 12.8. The highest BCUT2D eigenvalue weighted by Crippen LogP contribution is 2.13. The zero-order chi connectivity index (χ0) is 15.6. The Labute approximate surface area is 126 Å². The summed E-state index contributed by atoms with van der Waals surface area (Å²) in [6.07, 6.45) is 0.636. The van der Waals surface area contributed by atoms with E-state index in [4.69, 9.17) is 0 Å². The molecule has 0 atom stereocenters. The molecule has 0 unspecified atom stereocenters. The lowest BCUT2D eigenvalue weighted by Gasteiger charge is -2.07. The number of hydrogen-bond donors (Lipinski definition) is 1. The van der Waals surface area contributed by atoms with E-state index in [1.165, 1.54) is 0 Å². The summed E-state index contributed by atoms with van der Waals surface area (Å²) in [4.78, 5) is 0.299. The van der Waals surface area contributed by atoms with Crippen molar-refractivity contribution in [3.8, 4) is 0 Å². The maximum atomic E-state index is 12.2. The van der Waals surface area contributed by atoms with E-state index >= 15 is 0 Å². The largest absolute Gasteiger partial charge is 0.272 e. The molecule has 2 aromatic rings. The maximum Gasteiger partial charge on any atom is 0.240 e. The summed E-state index contributed by atoms with van der Waals surface area (Å²) >= 11 is 0. The van der Waals surface area contributed by atoms with Crippen LogP contribution >= 0.6 is 0 Å². The molecule has 0 saturated carbocycles. The summed E-state index contributed by atoms with van der Waals surface area (Å²) in [7, 11) is -1.55. The zero-order valence-corrected chi connectivity index (χ0v) is 13.7. The third-order valence-corrected chi connectivity index (χ3v) is 5.13. The average molecular weight is 307 g/mol. The maximum absolute atomic E-state index is 12.2. The van der Waals surface area contributed by atoms with Gasteiger partial charge >= 0.3 is 0 Å². The second-order valence-electron chi connectivity index (χ2n) is 5.23. The van der Waals surface area contributed by atoms with Crippen molar-refractivity contribution in [3.05, 3.63) is 46.8 Å². The molecule has 114 valence electrons. The van der Waals surface area contributed by atoms with Crippen molar-refractivity contribution in [3.63, 3.8) is 0 Å². The quantitative estimate of drug-likeness (QED) is 0.917. The normalized spacial score (nSPS) is 11.8. The summed E-state index contributed by atoms with van der Waals surface area (Å²) in [6.45, 7) is 6.22. The monoisotopic (exact) mass is 307 g/mol. The van der Waals surface area contributed by atoms with E-state index in [9.17, 15) is 8.42 Å². The number of nitrogens with zero attached hydrogens (tertiary/aromatic N) is 2. The van der Waals surface area contributed by atoms with Crippen LogP contribution in [-0.2, 0) is 23.5 Å². The van der Waals surface area contributed by atoms with Gasteiger partial charge in [-0.2, -0.15) is 5.10 Å². The van der Waals surface area contributed by atoms with Crippen LogP contribution in [0.2, 0.25) is 0 Å². The van der Waals surface area contributed by atoms with Crippen LogP contribution < -0.4 is 4.72 Å². The Kier molecular flexibility index (Phi) is 4.49. The van der Waals surface area contributed by atoms with E-state index in [2.05, 4.69) is 9.82 Å². The molecule has 1 aromatic carbocycles. The number of aryl methyl sites for hydroxylation is 3. The van der Waals surface area contributed by atoms with Crippen molar-refractivity contribution in [1.82, 2.24) is 14.5 Å². The minimum atomic E-state index is -3.44. The van der Waals surface area contributed by atoms with Gasteiger partial charge < -0.3 is 0 Å². The second kappa shape index (κ2) is 5.99. The number of nitrogens with one attached hydrogen (secondary N) is 1. The van der Waals surface area contributed by atoms with Gasteiger partial charge in [-0.1, -0.05) is 17.7 Å². The Morgan fingerprint density at radius 1 is 1.14 bits per heavy atom. The van der Waals surface area contributed by atoms with Crippen LogP contribution in [0.15, 0.2) is 29.2 Å². The highest BCUT2D eigenvalue weighted by Gasteiger charge is 2.14. The van der Waals surface area contributed by atoms with E-state index in [0.29, 0.717) is 17.9 Å². The first kappa shape index (κ1) is 15.7. The summed E-state index contributed by atoms with van der Waals surface area (Å²) in [5.41, 5.74) is 4.16. The highest BCUT2D eigenvalue weighted by molar-refractivity contribution is 7.89. The molecule has 0 aliphatic rings. The Balaban J connectivity index is 2.04. The predicted molar refractivity (Wildman–Crippen MR) is 82.8 cm³/mol. The van der Waals surface area contributed by atoms with Gasteiger partial charge in [0, 0.05) is 19.3 Å². The molecular formula is C15H21N3O2S. The van der Waals surface area contributed by atoms with Crippen molar-refractivity contribution in [2.24, 2.45) is 7.05 Å². The minimum Gasteiger partial charge on any atom is -0.272 e. The van der Waals surface area contributed by atoms with Crippen molar-refractivity contribution < 1.29 is 8.42 Å². The summed E-state index contributed by atoms with van der Waals surface area (Å²) in [6, 6.07) is 6.84. The van der Waals surface area contributed by atoms with E-state index in [1.54, 1.807) is 24.3 Å². The molecule has 1 aromatic heterocycles. The van der Waals surface area contributed by atoms with Gasteiger partial charge in [-0.25, -0.2) is 13.1 Å². The molecule has 5 nitrogen and oxygen atoms in total. The van der Waals surface area contributed by atoms with Gasteiger partial charge in [0.2, 0.25) is 10.0 Å². The minimum absolute atomic E-state index is 0.299. The third-order valence-electron chi connectivity index (χ3n) is 3.66. The molecule has 21 heavy (non-hydrogen) atoms. The van der Waals surface area contributed by atoms with Crippen LogP contribution in [0.4, 0.5) is 0 Å². The van der Waals surface area contributed by atoms with Crippen molar-refractivity contribution in [2.45, 2.75) is 32.1 Å². The lowest BCUT2D eigenvalue weighted by atomic mass is 10.1. The molecule has 0 saturated heterocycles. The van der Waals surface area contributed by atoms with Gasteiger partial charge in [0.05, 0.1) is 10.6 Å². The lowest BCUT2D eigenvalue weighted by molar-refractivity contribution is 0.581. The Hall–Kier alpha value is -1.66. The average Bonchev–Trinajstić information content (AvgIpc) is 2.65. The van der Waals surface area contributed by atoms with Gasteiger partial charge in [0.25, 0.3) is 0 Å². The fourth-order valence-electron chi connectivity index (χ4n) is 2.29. The molecule has 0 amide bonds. The summed E-state index contributed by atoms with van der Waals surface area (Å²) < 4.78 is 28.8. The van der Waals surface area contributed by atoms with Crippen LogP contribution in [0, 0.1) is 20.8 Å². The molecule has 2 rings (SSSR count). The number of hydrogen-bond acceptors (Lipinski definition) is 3. The van der Waals surface area contributed by atoms with Crippen LogP contribution in [0.1, 0.15) is 22.5 Å². The van der Waals surface area contributed by atoms with Crippen LogP contribution in [0.3, 0.4) is 0 Å². The Morgan fingerprint density at radius 2 is 1.76 bits per heavy atom. The van der Waals surface area contributed by atoms with E-state index in [-0.39, 0.29) is 0 Å². The third kappa shape index (κ3) is 3.51. The van der Waals surface area contributed by atoms with E-state index in [0.717, 1.165) is 22.5 Å². The topological polar surface area (TPSA) is 64.0 Å². The smallest absolute Gasteiger partial charge is 0.240 e. The van der Waals surface area contributed by atoms with E-state index < -0.39 is 10.0 Å². The van der Waals surface area contributed by atoms with Crippen LogP contribution in [0.25, 0.3) is 0 Å². The van der Waals surface area contributed by atoms with Crippen molar-refractivity contribution in [1.29, 1.82) is 0 Å². The Morgan fingerprint density at radius 3 is 2.29 bits per heavy atom. The lowest BCUT2D eigenvalue weighted by Crippen LogP contribution is -2.26. The standard InChI is InChI=1S/C15H21N3O2S/c1-11-5-7-14(8-6-11)21(19,20)16-10-9-15-12(2)17-18(4)13(15)3/h5-8,16H,9-10H2,1-4H3. The van der Waals surface area contributed by atoms with Crippen LogP contribution in [-0.4, -0.2) is 24.7 Å². The molecule has 0 fully saturated rings. The van der Waals surface area contributed by atoms with Crippen molar-refractivity contribution >= 4 is 10.0 Å². The SMILES string of the molecule is Cc1ccc(S(=O)(=O)NCCc2c(C)nn(C)c2C)cc1. The molecule has 1 N–H and O–H groups in total. The molecular weight excluding hydrogens is 286 g/mol. The van der Waals surface area contributed by atoms with Gasteiger partial charge in [0.1, 0.15) is 0 Å². The number of aromatic nitrogens is 2. The second-order valence-corrected chi connectivity index (χ2v) is 7.00. The van der Waals surface area contributed by atoms with Crippen molar-refractivity contribution in [2.75, 3.05) is 6.54 Å². The highest BCUT2D eigenvalue weighted by atomic mass is 32.2. The van der Waals surface area contributed by atoms with Gasteiger partial charge in [-0.15, -0.1) is 0 Å². The molecule has 0 bridgehead atoms. The molecule has 1 heterocycles. The number of rotatable bonds is 5. The first-order chi connectivity index (χ1) is 9.81. The number of benzene rings is 1. The fraction of sp³-hybridized carbons (Fsp3) is 0.400. The molecule has 0 aliphatic carbocycles. The van der Waals surface area contributed by atoms with Gasteiger partial charge in [0.15, 0.2) is 0 Å². The predicted octanol–water partition coefficient (Wildman–Crippen LogP) is 1.87. The van der Waals surface area contributed by atoms with Gasteiger partial charge in [-0.3, -0.25) is 4.68 Å².